The Morgan fingerprint density at radius 1 is 1.26 bits per heavy atom. The zero-order valence-corrected chi connectivity index (χ0v) is 11.3. The fraction of sp³-hybridized carbons (Fsp3) is 0.0833. The lowest BCUT2D eigenvalue weighted by atomic mass is 10.1. The number of benzene rings is 1. The van der Waals surface area contributed by atoms with E-state index in [4.69, 9.17) is 23.2 Å². The van der Waals surface area contributed by atoms with Gasteiger partial charge in [-0.05, 0) is 30.7 Å². The van der Waals surface area contributed by atoms with Gasteiger partial charge in [-0.2, -0.15) is 0 Å². The van der Waals surface area contributed by atoms with E-state index in [0.717, 1.165) is 0 Å². The normalized spacial score (nSPS) is 10.3. The predicted octanol–water partition coefficient (Wildman–Crippen LogP) is 3.05. The number of aromatic hydroxyl groups is 1. The number of carbonyl (C=O) groups excluding carboxylic acids is 1. The highest BCUT2D eigenvalue weighted by Gasteiger charge is 2.13. The molecular formula is C12H9Cl2N3O2. The molecule has 19 heavy (non-hydrogen) atoms. The number of hydrogen-bond donors (Lipinski definition) is 2. The van der Waals surface area contributed by atoms with Crippen molar-refractivity contribution in [2.24, 2.45) is 0 Å². The van der Waals surface area contributed by atoms with Crippen molar-refractivity contribution in [2.45, 2.75) is 6.92 Å². The van der Waals surface area contributed by atoms with Gasteiger partial charge in [0.25, 0.3) is 5.91 Å². The van der Waals surface area contributed by atoms with E-state index in [0.29, 0.717) is 11.1 Å². The minimum Gasteiger partial charge on any atom is -0.508 e. The molecule has 1 aromatic carbocycles. The van der Waals surface area contributed by atoms with Crippen molar-refractivity contribution in [3.05, 3.63) is 46.0 Å². The van der Waals surface area contributed by atoms with Gasteiger partial charge in [0.05, 0.1) is 0 Å². The van der Waals surface area contributed by atoms with Gasteiger partial charge in [0, 0.05) is 5.56 Å². The van der Waals surface area contributed by atoms with Crippen LogP contribution in [0.2, 0.25) is 10.3 Å². The number of amides is 1. The Balaban J connectivity index is 2.28. The SMILES string of the molecule is Cc1cc(C(=O)Nc2c(Cl)ncnc2Cl)ccc1O. The molecule has 7 heteroatoms. The van der Waals surface area contributed by atoms with Crippen molar-refractivity contribution in [1.29, 1.82) is 0 Å². The van der Waals surface area contributed by atoms with Gasteiger partial charge < -0.3 is 10.4 Å². The van der Waals surface area contributed by atoms with Crippen LogP contribution in [0.1, 0.15) is 15.9 Å². The Kier molecular flexibility index (Phi) is 3.87. The molecular weight excluding hydrogens is 289 g/mol. The molecule has 0 saturated carbocycles. The van der Waals surface area contributed by atoms with Gasteiger partial charge in [0.15, 0.2) is 10.3 Å². The molecule has 5 nitrogen and oxygen atoms in total. The zero-order valence-electron chi connectivity index (χ0n) is 9.82. The molecule has 0 spiro atoms. The molecule has 0 atom stereocenters. The van der Waals surface area contributed by atoms with Crippen molar-refractivity contribution in [2.75, 3.05) is 5.32 Å². The van der Waals surface area contributed by atoms with Crippen molar-refractivity contribution < 1.29 is 9.90 Å². The van der Waals surface area contributed by atoms with Gasteiger partial charge in [0.2, 0.25) is 0 Å². The molecule has 1 heterocycles. The Bertz CT molecular complexity index is 627. The summed E-state index contributed by atoms with van der Waals surface area (Å²) < 4.78 is 0. The number of aromatic nitrogens is 2. The maximum Gasteiger partial charge on any atom is 0.255 e. The molecule has 0 aliphatic rings. The average Bonchev–Trinajstić information content (AvgIpc) is 2.37. The van der Waals surface area contributed by atoms with E-state index in [1.807, 2.05) is 0 Å². The van der Waals surface area contributed by atoms with Gasteiger partial charge in [0.1, 0.15) is 17.8 Å². The highest BCUT2D eigenvalue weighted by atomic mass is 35.5. The Morgan fingerprint density at radius 2 is 1.89 bits per heavy atom. The van der Waals surface area contributed by atoms with Crippen LogP contribution in [0, 0.1) is 6.92 Å². The second kappa shape index (κ2) is 5.42. The maximum absolute atomic E-state index is 12.0. The molecule has 0 bridgehead atoms. The quantitative estimate of drug-likeness (QED) is 0.836. The van der Waals surface area contributed by atoms with Crippen LogP contribution in [-0.4, -0.2) is 21.0 Å². The number of phenolic OH excluding ortho intramolecular Hbond substituents is 1. The smallest absolute Gasteiger partial charge is 0.255 e. The first-order valence-corrected chi connectivity index (χ1v) is 6.01. The van der Waals surface area contributed by atoms with E-state index in [2.05, 4.69) is 15.3 Å². The molecule has 1 aromatic heterocycles. The lowest BCUT2D eigenvalue weighted by molar-refractivity contribution is 0.102. The van der Waals surface area contributed by atoms with E-state index in [1.54, 1.807) is 13.0 Å². The predicted molar refractivity (Wildman–Crippen MR) is 72.8 cm³/mol. The van der Waals surface area contributed by atoms with Crippen molar-refractivity contribution in [3.63, 3.8) is 0 Å². The summed E-state index contributed by atoms with van der Waals surface area (Å²) in [6.07, 6.45) is 1.20. The molecule has 98 valence electrons. The number of nitrogens with zero attached hydrogens (tertiary/aromatic N) is 2. The first-order chi connectivity index (χ1) is 8.99. The van der Waals surface area contributed by atoms with Crippen LogP contribution in [0.3, 0.4) is 0 Å². The van der Waals surface area contributed by atoms with Gasteiger partial charge >= 0.3 is 0 Å². The van der Waals surface area contributed by atoms with Crippen LogP contribution in [0.4, 0.5) is 5.69 Å². The maximum atomic E-state index is 12.0. The number of halogens is 2. The molecule has 0 unspecified atom stereocenters. The molecule has 0 radical (unpaired) electrons. The number of phenols is 1. The monoisotopic (exact) mass is 297 g/mol. The first kappa shape index (κ1) is 13.6. The molecule has 2 aromatic rings. The molecule has 1 amide bonds. The first-order valence-electron chi connectivity index (χ1n) is 5.26. The largest absolute Gasteiger partial charge is 0.508 e. The Labute approximate surface area is 119 Å². The zero-order chi connectivity index (χ0) is 14.0. The fourth-order valence-corrected chi connectivity index (χ4v) is 1.84. The van der Waals surface area contributed by atoms with Crippen molar-refractivity contribution >= 4 is 34.8 Å². The van der Waals surface area contributed by atoms with Gasteiger partial charge in [-0.1, -0.05) is 23.2 Å². The van der Waals surface area contributed by atoms with Crippen LogP contribution in [0.15, 0.2) is 24.5 Å². The van der Waals surface area contributed by atoms with Crippen LogP contribution in [0.25, 0.3) is 0 Å². The number of carbonyl (C=O) groups is 1. The van der Waals surface area contributed by atoms with Crippen molar-refractivity contribution in [1.82, 2.24) is 9.97 Å². The minimum atomic E-state index is -0.415. The van der Waals surface area contributed by atoms with Crippen molar-refractivity contribution in [3.8, 4) is 5.75 Å². The van der Waals surface area contributed by atoms with Gasteiger partial charge in [-0.25, -0.2) is 9.97 Å². The number of rotatable bonds is 2. The van der Waals surface area contributed by atoms with E-state index in [1.165, 1.54) is 18.5 Å². The summed E-state index contributed by atoms with van der Waals surface area (Å²) in [5, 5.41) is 12.1. The summed E-state index contributed by atoms with van der Waals surface area (Å²) in [6, 6.07) is 4.48. The summed E-state index contributed by atoms with van der Waals surface area (Å²) >= 11 is 11.7. The summed E-state index contributed by atoms with van der Waals surface area (Å²) in [4.78, 5) is 19.5. The fourth-order valence-electron chi connectivity index (χ4n) is 1.43. The van der Waals surface area contributed by atoms with E-state index < -0.39 is 5.91 Å². The molecule has 0 fully saturated rings. The standard InChI is InChI=1S/C12H9Cl2N3O2/c1-6-4-7(2-3-8(6)18)12(19)17-9-10(13)15-5-16-11(9)14/h2-5,18H,1H3,(H,17,19). The minimum absolute atomic E-state index is 0.0591. The number of hydrogen-bond acceptors (Lipinski definition) is 4. The summed E-state index contributed by atoms with van der Waals surface area (Å²) in [7, 11) is 0. The third kappa shape index (κ3) is 2.94. The van der Waals surface area contributed by atoms with Crippen LogP contribution in [-0.2, 0) is 0 Å². The molecule has 2 rings (SSSR count). The van der Waals surface area contributed by atoms with E-state index in [-0.39, 0.29) is 21.7 Å². The van der Waals surface area contributed by atoms with E-state index >= 15 is 0 Å². The molecule has 0 saturated heterocycles. The lowest BCUT2D eigenvalue weighted by Gasteiger charge is -2.08. The highest BCUT2D eigenvalue weighted by molar-refractivity contribution is 6.38. The third-order valence-electron chi connectivity index (χ3n) is 2.45. The topological polar surface area (TPSA) is 75.1 Å². The number of anilines is 1. The van der Waals surface area contributed by atoms with E-state index in [9.17, 15) is 9.90 Å². The van der Waals surface area contributed by atoms with Gasteiger partial charge in [-0.3, -0.25) is 4.79 Å². The lowest BCUT2D eigenvalue weighted by Crippen LogP contribution is -2.13. The van der Waals surface area contributed by atoms with Gasteiger partial charge in [-0.15, -0.1) is 0 Å². The second-order valence-corrected chi connectivity index (χ2v) is 4.50. The highest BCUT2D eigenvalue weighted by Crippen LogP contribution is 2.26. The average molecular weight is 298 g/mol. The summed E-state index contributed by atoms with van der Waals surface area (Å²) in [5.74, 6) is -0.294. The molecule has 0 aliphatic carbocycles. The number of aryl methyl sites for hydroxylation is 1. The van der Waals surface area contributed by atoms with Crippen LogP contribution < -0.4 is 5.32 Å². The number of nitrogens with one attached hydrogen (secondary N) is 1. The Hall–Kier alpha value is -1.85. The molecule has 0 aliphatic heterocycles. The Morgan fingerprint density at radius 3 is 2.47 bits per heavy atom. The van der Waals surface area contributed by atoms with Crippen LogP contribution in [0.5, 0.6) is 5.75 Å². The third-order valence-corrected chi connectivity index (χ3v) is 3.03. The summed E-state index contributed by atoms with van der Waals surface area (Å²) in [6.45, 7) is 1.69. The van der Waals surface area contributed by atoms with Crippen LogP contribution >= 0.6 is 23.2 Å². The second-order valence-electron chi connectivity index (χ2n) is 3.79. The molecule has 2 N–H and O–H groups in total. The summed E-state index contributed by atoms with van der Waals surface area (Å²) in [5.41, 5.74) is 1.11.